The molecule has 0 amide bonds. The highest BCUT2D eigenvalue weighted by atomic mass is 32.2. The molecule has 0 aromatic heterocycles. The van der Waals surface area contributed by atoms with Gasteiger partial charge in [-0.15, -0.1) is 11.8 Å². The lowest BCUT2D eigenvalue weighted by Crippen LogP contribution is -2.46. The molecule has 2 rings (SSSR count). The van der Waals surface area contributed by atoms with E-state index >= 15 is 0 Å². The van der Waals surface area contributed by atoms with Gasteiger partial charge in [0.05, 0.1) is 0 Å². The zero-order valence-corrected chi connectivity index (χ0v) is 13.3. The lowest BCUT2D eigenvalue weighted by molar-refractivity contribution is 0.143. The topological polar surface area (TPSA) is 6.48 Å². The van der Waals surface area contributed by atoms with Crippen molar-refractivity contribution in [3.63, 3.8) is 0 Å². The molecule has 1 aliphatic heterocycles. The van der Waals surface area contributed by atoms with Crippen LogP contribution in [0, 0.1) is 13.8 Å². The Labute approximate surface area is 122 Å². The van der Waals surface area contributed by atoms with Crippen molar-refractivity contribution in [2.75, 3.05) is 45.0 Å². The van der Waals surface area contributed by atoms with Crippen molar-refractivity contribution in [3.8, 4) is 0 Å². The van der Waals surface area contributed by atoms with E-state index in [1.54, 1.807) is 0 Å². The van der Waals surface area contributed by atoms with Gasteiger partial charge >= 0.3 is 0 Å². The highest BCUT2D eigenvalue weighted by Gasteiger charge is 2.14. The van der Waals surface area contributed by atoms with Crippen molar-refractivity contribution in [2.24, 2.45) is 0 Å². The van der Waals surface area contributed by atoms with Gasteiger partial charge in [-0.2, -0.15) is 0 Å². The van der Waals surface area contributed by atoms with Gasteiger partial charge in [0.25, 0.3) is 0 Å². The number of likely N-dealkylation sites (N-methyl/N-ethyl adjacent to an activating group) is 1. The fourth-order valence-corrected chi connectivity index (χ4v) is 3.43. The van der Waals surface area contributed by atoms with Crippen molar-refractivity contribution in [1.82, 2.24) is 9.80 Å². The second kappa shape index (κ2) is 7.32. The van der Waals surface area contributed by atoms with E-state index in [0.717, 1.165) is 0 Å². The first-order valence-corrected chi connectivity index (χ1v) is 8.32. The zero-order valence-electron chi connectivity index (χ0n) is 12.5. The Balaban J connectivity index is 1.70. The summed E-state index contributed by atoms with van der Waals surface area (Å²) < 4.78 is 0. The molecule has 1 saturated heterocycles. The fourth-order valence-electron chi connectivity index (χ4n) is 2.43. The molecule has 1 aromatic carbocycles. The van der Waals surface area contributed by atoms with Crippen LogP contribution in [0.3, 0.4) is 0 Å². The monoisotopic (exact) mass is 278 g/mol. The maximum atomic E-state index is 2.60. The lowest BCUT2D eigenvalue weighted by atomic mass is 10.1. The van der Waals surface area contributed by atoms with Gasteiger partial charge in [-0.3, -0.25) is 4.90 Å². The van der Waals surface area contributed by atoms with Crippen molar-refractivity contribution in [1.29, 1.82) is 0 Å². The molecule has 1 aromatic rings. The lowest BCUT2D eigenvalue weighted by Gasteiger charge is -2.33. The SMILES string of the molecule is CCN1CCN(CCSc2ccc(C)c(C)c2)CC1. The molecule has 106 valence electrons. The quantitative estimate of drug-likeness (QED) is 0.765. The van der Waals surface area contributed by atoms with E-state index in [4.69, 9.17) is 0 Å². The minimum Gasteiger partial charge on any atom is -0.301 e. The number of rotatable bonds is 5. The number of nitrogens with zero attached hydrogens (tertiary/aromatic N) is 2. The normalized spacial score (nSPS) is 17.8. The third kappa shape index (κ3) is 4.51. The van der Waals surface area contributed by atoms with E-state index in [0.29, 0.717) is 0 Å². The summed E-state index contributed by atoms with van der Waals surface area (Å²) in [7, 11) is 0. The number of thioether (sulfide) groups is 1. The van der Waals surface area contributed by atoms with E-state index < -0.39 is 0 Å². The molecule has 19 heavy (non-hydrogen) atoms. The molecular formula is C16H26N2S. The summed E-state index contributed by atoms with van der Waals surface area (Å²) in [5, 5.41) is 0. The highest BCUT2D eigenvalue weighted by molar-refractivity contribution is 7.99. The van der Waals surface area contributed by atoms with Crippen LogP contribution in [-0.4, -0.2) is 54.8 Å². The molecule has 0 unspecified atom stereocenters. The molecule has 0 atom stereocenters. The highest BCUT2D eigenvalue weighted by Crippen LogP contribution is 2.21. The van der Waals surface area contributed by atoms with E-state index in [-0.39, 0.29) is 0 Å². The first-order valence-electron chi connectivity index (χ1n) is 7.34. The molecule has 0 aliphatic carbocycles. The Kier molecular flexibility index (Phi) is 5.74. The third-order valence-corrected chi connectivity index (χ3v) is 5.04. The summed E-state index contributed by atoms with van der Waals surface area (Å²) in [6.45, 7) is 14.0. The van der Waals surface area contributed by atoms with Crippen LogP contribution in [0.25, 0.3) is 0 Å². The van der Waals surface area contributed by atoms with Crippen LogP contribution in [0.2, 0.25) is 0 Å². The van der Waals surface area contributed by atoms with Gasteiger partial charge in [0, 0.05) is 43.4 Å². The summed E-state index contributed by atoms with van der Waals surface area (Å²) in [5.74, 6) is 1.20. The average Bonchev–Trinajstić information content (AvgIpc) is 2.43. The number of aryl methyl sites for hydroxylation is 2. The van der Waals surface area contributed by atoms with Crippen molar-refractivity contribution in [3.05, 3.63) is 29.3 Å². The second-order valence-corrected chi connectivity index (χ2v) is 6.54. The average molecular weight is 278 g/mol. The largest absolute Gasteiger partial charge is 0.301 e. The minimum atomic E-state index is 1.20. The predicted molar refractivity (Wildman–Crippen MR) is 85.2 cm³/mol. The molecule has 0 spiro atoms. The van der Waals surface area contributed by atoms with Crippen molar-refractivity contribution >= 4 is 11.8 Å². The number of piperazine rings is 1. The first-order chi connectivity index (χ1) is 9.19. The van der Waals surface area contributed by atoms with E-state index in [9.17, 15) is 0 Å². The van der Waals surface area contributed by atoms with Gasteiger partial charge in [-0.1, -0.05) is 13.0 Å². The smallest absolute Gasteiger partial charge is 0.0110 e. The molecule has 2 nitrogen and oxygen atoms in total. The van der Waals surface area contributed by atoms with Gasteiger partial charge in [-0.05, 0) is 43.7 Å². The van der Waals surface area contributed by atoms with E-state index in [1.165, 1.54) is 61.0 Å². The van der Waals surface area contributed by atoms with E-state index in [2.05, 4.69) is 48.8 Å². The molecule has 0 radical (unpaired) electrons. The minimum absolute atomic E-state index is 1.20. The summed E-state index contributed by atoms with van der Waals surface area (Å²) in [6, 6.07) is 6.80. The van der Waals surface area contributed by atoms with Gasteiger partial charge in [0.1, 0.15) is 0 Å². The van der Waals surface area contributed by atoms with Crippen LogP contribution < -0.4 is 0 Å². The van der Waals surface area contributed by atoms with Gasteiger partial charge in [-0.25, -0.2) is 0 Å². The summed E-state index contributed by atoms with van der Waals surface area (Å²) in [6.07, 6.45) is 0. The van der Waals surface area contributed by atoms with Gasteiger partial charge < -0.3 is 4.90 Å². The van der Waals surface area contributed by atoms with Crippen LogP contribution in [-0.2, 0) is 0 Å². The molecule has 0 bridgehead atoms. The standard InChI is InChI=1S/C16H26N2S/c1-4-17-7-9-18(10-8-17)11-12-19-16-6-5-14(2)15(3)13-16/h5-6,13H,4,7-12H2,1-3H3. The summed E-state index contributed by atoms with van der Waals surface area (Å²) in [5.41, 5.74) is 2.79. The molecule has 0 saturated carbocycles. The Bertz CT molecular complexity index is 398. The molecular weight excluding hydrogens is 252 g/mol. The molecule has 0 N–H and O–H groups in total. The summed E-state index contributed by atoms with van der Waals surface area (Å²) >= 11 is 1.99. The van der Waals surface area contributed by atoms with Gasteiger partial charge in [0.2, 0.25) is 0 Å². The summed E-state index contributed by atoms with van der Waals surface area (Å²) in [4.78, 5) is 6.54. The van der Waals surface area contributed by atoms with Crippen molar-refractivity contribution < 1.29 is 0 Å². The number of hydrogen-bond acceptors (Lipinski definition) is 3. The molecule has 3 heteroatoms. The first kappa shape index (κ1) is 14.9. The Morgan fingerprint density at radius 1 is 1.00 bits per heavy atom. The zero-order chi connectivity index (χ0) is 13.7. The Morgan fingerprint density at radius 3 is 2.32 bits per heavy atom. The number of benzene rings is 1. The maximum absolute atomic E-state index is 2.60. The molecule has 1 aliphatic rings. The Morgan fingerprint density at radius 2 is 1.68 bits per heavy atom. The van der Waals surface area contributed by atoms with Crippen LogP contribution in [0.1, 0.15) is 18.1 Å². The second-order valence-electron chi connectivity index (χ2n) is 5.37. The third-order valence-electron chi connectivity index (χ3n) is 4.07. The van der Waals surface area contributed by atoms with Crippen LogP contribution in [0.15, 0.2) is 23.1 Å². The molecule has 1 fully saturated rings. The van der Waals surface area contributed by atoms with Crippen LogP contribution in [0.4, 0.5) is 0 Å². The maximum Gasteiger partial charge on any atom is 0.0110 e. The Hall–Kier alpha value is -0.510. The van der Waals surface area contributed by atoms with Gasteiger partial charge in [0.15, 0.2) is 0 Å². The van der Waals surface area contributed by atoms with Crippen molar-refractivity contribution in [2.45, 2.75) is 25.7 Å². The predicted octanol–water partition coefficient (Wildman–Crippen LogP) is 3.03. The molecule has 1 heterocycles. The number of hydrogen-bond donors (Lipinski definition) is 0. The van der Waals surface area contributed by atoms with Crippen LogP contribution >= 0.6 is 11.8 Å². The van der Waals surface area contributed by atoms with E-state index in [1.807, 2.05) is 11.8 Å². The fraction of sp³-hybridized carbons (Fsp3) is 0.625. The van der Waals surface area contributed by atoms with Crippen LogP contribution in [0.5, 0.6) is 0 Å².